The number of rotatable bonds is 5. The third-order valence-corrected chi connectivity index (χ3v) is 5.07. The molecule has 0 aliphatic carbocycles. The predicted molar refractivity (Wildman–Crippen MR) is 117 cm³/mol. The van der Waals surface area contributed by atoms with Gasteiger partial charge in [-0.3, -0.25) is 15.5 Å². The third-order valence-electron chi connectivity index (χ3n) is 5.07. The highest BCUT2D eigenvalue weighted by Gasteiger charge is 2.31. The smallest absolute Gasteiger partial charge is 0.310 e. The van der Waals surface area contributed by atoms with Gasteiger partial charge in [-0.05, 0) is 61.4 Å². The molecule has 2 aromatic carbocycles. The average Bonchev–Trinajstić information content (AvgIpc) is 2.75. The molecule has 0 radical (unpaired) electrons. The van der Waals surface area contributed by atoms with Gasteiger partial charge < -0.3 is 10.3 Å². The maximum Gasteiger partial charge on any atom is 0.416 e. The number of likely N-dealkylation sites (N-methyl/N-ethyl adjacent to an activating group) is 1. The molecule has 0 fully saturated rings. The summed E-state index contributed by atoms with van der Waals surface area (Å²) in [7, 11) is 1.54. The Morgan fingerprint density at radius 2 is 1.84 bits per heavy atom. The fraction of sp³-hybridized carbons (Fsp3) is 0.174. The van der Waals surface area contributed by atoms with Gasteiger partial charge in [0.15, 0.2) is 0 Å². The summed E-state index contributed by atoms with van der Waals surface area (Å²) in [4.78, 5) is 18.4. The van der Waals surface area contributed by atoms with Crippen LogP contribution >= 0.6 is 0 Å². The van der Waals surface area contributed by atoms with Gasteiger partial charge in [-0.2, -0.15) is 13.2 Å². The minimum Gasteiger partial charge on any atom is -0.310 e. The van der Waals surface area contributed by atoms with Gasteiger partial charge in [-0.25, -0.2) is 4.98 Å². The molecule has 3 N–H and O–H groups in total. The van der Waals surface area contributed by atoms with Crippen molar-refractivity contribution >= 4 is 28.7 Å². The molecule has 3 aromatic rings. The predicted octanol–water partition coefficient (Wildman–Crippen LogP) is 5.01. The lowest BCUT2D eigenvalue weighted by molar-refractivity contribution is -0.137. The third kappa shape index (κ3) is 4.47. The average molecular weight is 442 g/mol. The summed E-state index contributed by atoms with van der Waals surface area (Å²) >= 11 is 0. The van der Waals surface area contributed by atoms with E-state index in [9.17, 15) is 18.0 Å². The van der Waals surface area contributed by atoms with E-state index in [0.29, 0.717) is 27.8 Å². The van der Waals surface area contributed by atoms with Gasteiger partial charge in [0.25, 0.3) is 5.91 Å². The Kier molecular flexibility index (Phi) is 6.31. The first kappa shape index (κ1) is 23.0. The Hall–Kier alpha value is -3.72. The highest BCUT2D eigenvalue weighted by molar-refractivity contribution is 6.07. The molecule has 0 atom stereocenters. The van der Waals surface area contributed by atoms with E-state index in [0.717, 1.165) is 35.6 Å². The fourth-order valence-electron chi connectivity index (χ4n) is 3.46. The first-order chi connectivity index (χ1) is 15.1. The van der Waals surface area contributed by atoms with Gasteiger partial charge in [0, 0.05) is 29.9 Å². The molecule has 0 aliphatic heterocycles. The number of nitrogens with zero attached hydrogens (tertiary/aromatic N) is 2. The second-order valence-corrected chi connectivity index (χ2v) is 7.28. The van der Waals surface area contributed by atoms with Gasteiger partial charge in [0.2, 0.25) is 0 Å². The molecule has 3 rings (SSSR count). The number of amides is 1. The van der Waals surface area contributed by atoms with E-state index in [1.165, 1.54) is 11.9 Å². The minimum absolute atomic E-state index is 0.157. The lowest BCUT2D eigenvalue weighted by Crippen LogP contribution is -2.33. The maximum atomic E-state index is 13.1. The molecule has 9 heteroatoms. The second kappa shape index (κ2) is 8.80. The van der Waals surface area contributed by atoms with Gasteiger partial charge in [0.05, 0.1) is 16.8 Å². The van der Waals surface area contributed by atoms with Crippen molar-refractivity contribution in [2.24, 2.45) is 0 Å². The summed E-state index contributed by atoms with van der Waals surface area (Å²) in [5, 5.41) is 16.6. The van der Waals surface area contributed by atoms with E-state index in [4.69, 9.17) is 10.6 Å². The number of alkyl halides is 3. The number of aryl methyl sites for hydroxylation is 2. The number of aromatic nitrogens is 1. The number of benzene rings is 2. The van der Waals surface area contributed by atoms with Crippen molar-refractivity contribution in [1.29, 1.82) is 5.41 Å². The number of hydroxylamine groups is 1. The number of halogens is 3. The van der Waals surface area contributed by atoms with Crippen LogP contribution < -0.4 is 10.4 Å². The molecule has 0 spiro atoms. The highest BCUT2D eigenvalue weighted by Crippen LogP contribution is 2.34. The Labute approximate surface area is 182 Å². The molecule has 1 heterocycles. The molecule has 0 saturated heterocycles. The first-order valence-electron chi connectivity index (χ1n) is 9.55. The molecule has 32 heavy (non-hydrogen) atoms. The van der Waals surface area contributed by atoms with Crippen molar-refractivity contribution in [2.45, 2.75) is 20.0 Å². The summed E-state index contributed by atoms with van der Waals surface area (Å²) in [5.41, 5.74) is 4.49. The minimum atomic E-state index is -4.42. The quantitative estimate of drug-likeness (QED) is 0.294. The number of allylic oxidation sites excluding steroid dienone is 1. The molecule has 6 nitrogen and oxygen atoms in total. The van der Waals surface area contributed by atoms with Crippen LogP contribution in [0.3, 0.4) is 0 Å². The van der Waals surface area contributed by atoms with Crippen molar-refractivity contribution in [3.8, 4) is 11.3 Å². The first-order valence-corrected chi connectivity index (χ1v) is 9.55. The number of carbonyl (C=O) groups is 1. The van der Waals surface area contributed by atoms with E-state index in [1.807, 2.05) is 6.07 Å². The van der Waals surface area contributed by atoms with Crippen molar-refractivity contribution in [3.63, 3.8) is 0 Å². The van der Waals surface area contributed by atoms with Gasteiger partial charge in [0.1, 0.15) is 5.70 Å². The largest absolute Gasteiger partial charge is 0.416 e. The zero-order valence-corrected chi connectivity index (χ0v) is 17.6. The van der Waals surface area contributed by atoms with Crippen molar-refractivity contribution < 1.29 is 23.2 Å². The van der Waals surface area contributed by atoms with Crippen LogP contribution in [0, 0.1) is 19.3 Å². The number of nitrogens with one attached hydrogen (secondary N) is 2. The Balaban J connectivity index is 1.98. The van der Waals surface area contributed by atoms with Crippen LogP contribution in [-0.4, -0.2) is 29.4 Å². The van der Waals surface area contributed by atoms with Gasteiger partial charge in [-0.15, -0.1) is 0 Å². The van der Waals surface area contributed by atoms with E-state index >= 15 is 0 Å². The SMILES string of the molecule is Cc1cc(-c2ccc3cc(C(F)(F)F)cc(C)c3n2)ccc1N(C)C(=O)/C(=C/C=N)NO. The van der Waals surface area contributed by atoms with Crippen molar-refractivity contribution in [1.82, 2.24) is 10.5 Å². The Morgan fingerprint density at radius 3 is 2.44 bits per heavy atom. The van der Waals surface area contributed by atoms with Crippen LogP contribution in [-0.2, 0) is 11.0 Å². The lowest BCUT2D eigenvalue weighted by Gasteiger charge is -2.21. The zero-order valence-electron chi connectivity index (χ0n) is 17.6. The molecule has 1 amide bonds. The summed E-state index contributed by atoms with van der Waals surface area (Å²) < 4.78 is 39.2. The maximum absolute atomic E-state index is 13.1. The number of anilines is 1. The van der Waals surface area contributed by atoms with E-state index in [-0.39, 0.29) is 5.70 Å². The molecule has 0 aliphatic rings. The van der Waals surface area contributed by atoms with Crippen LogP contribution in [0.25, 0.3) is 22.2 Å². The molecule has 0 bridgehead atoms. The standard InChI is InChI=1S/C23H21F3N4O2/c1-13-10-15(5-7-20(13)30(3)22(31)19(29-32)8-9-27)18-6-4-16-12-17(23(24,25)26)11-14(2)21(16)28-18/h4-12,27,29,32H,1-3H3/b19-8-,27-9?. The number of carbonyl (C=O) groups excluding carboxylic acids is 1. The molecular weight excluding hydrogens is 421 g/mol. The van der Waals surface area contributed by atoms with E-state index in [2.05, 4.69) is 4.98 Å². The zero-order chi connectivity index (χ0) is 23.6. The van der Waals surface area contributed by atoms with Crippen LogP contribution in [0.4, 0.5) is 18.9 Å². The number of fused-ring (bicyclic) bond motifs is 1. The summed E-state index contributed by atoms with van der Waals surface area (Å²) in [6, 6.07) is 10.7. The van der Waals surface area contributed by atoms with Crippen LogP contribution in [0.15, 0.2) is 54.2 Å². The topological polar surface area (TPSA) is 89.3 Å². The summed E-state index contributed by atoms with van der Waals surface area (Å²) in [6.07, 6.45) is -2.41. The Morgan fingerprint density at radius 1 is 1.12 bits per heavy atom. The van der Waals surface area contributed by atoms with Gasteiger partial charge >= 0.3 is 6.18 Å². The highest BCUT2D eigenvalue weighted by atomic mass is 19.4. The normalized spacial score (nSPS) is 12.0. The van der Waals surface area contributed by atoms with Crippen LogP contribution in [0.2, 0.25) is 0 Å². The molecule has 0 saturated carbocycles. The monoisotopic (exact) mass is 442 g/mol. The van der Waals surface area contributed by atoms with Crippen molar-refractivity contribution in [3.05, 3.63) is 70.9 Å². The van der Waals surface area contributed by atoms with Gasteiger partial charge in [-0.1, -0.05) is 12.1 Å². The number of hydrogen-bond acceptors (Lipinski definition) is 5. The van der Waals surface area contributed by atoms with E-state index < -0.39 is 17.6 Å². The van der Waals surface area contributed by atoms with E-state index in [1.54, 1.807) is 43.6 Å². The fourth-order valence-corrected chi connectivity index (χ4v) is 3.46. The van der Waals surface area contributed by atoms with Crippen molar-refractivity contribution in [2.75, 3.05) is 11.9 Å². The molecular formula is C23H21F3N4O2. The lowest BCUT2D eigenvalue weighted by atomic mass is 10.0. The van der Waals surface area contributed by atoms with Crippen LogP contribution in [0.5, 0.6) is 0 Å². The summed E-state index contributed by atoms with van der Waals surface area (Å²) in [5.74, 6) is -0.535. The Bertz CT molecular complexity index is 1240. The summed E-state index contributed by atoms with van der Waals surface area (Å²) in [6.45, 7) is 3.40. The van der Waals surface area contributed by atoms with Crippen LogP contribution in [0.1, 0.15) is 16.7 Å². The molecule has 166 valence electrons. The number of pyridine rings is 1. The molecule has 1 aromatic heterocycles. The molecule has 0 unspecified atom stereocenters. The number of hydrogen-bond donors (Lipinski definition) is 3. The second-order valence-electron chi connectivity index (χ2n) is 7.28.